The number of hydrogen-bond donors (Lipinski definition) is 1. The van der Waals surface area contributed by atoms with Crippen molar-refractivity contribution in [2.75, 3.05) is 6.61 Å². The van der Waals surface area contributed by atoms with E-state index in [0.29, 0.717) is 9.53 Å². The molecule has 1 aromatic carbocycles. The molecule has 0 aliphatic carbocycles. The summed E-state index contributed by atoms with van der Waals surface area (Å²) in [4.78, 5) is 29.1. The van der Waals surface area contributed by atoms with Crippen LogP contribution in [-0.4, -0.2) is 44.9 Å². The third-order valence-electron chi connectivity index (χ3n) is 3.43. The minimum Gasteiger partial charge on any atom is -0.487 e. The lowest BCUT2D eigenvalue weighted by atomic mass is 10.1. The second-order valence-electron chi connectivity index (χ2n) is 4.97. The van der Waals surface area contributed by atoms with Gasteiger partial charge in [-0.25, -0.2) is 4.79 Å². The molecule has 23 heavy (non-hydrogen) atoms. The molecule has 1 fully saturated rings. The number of β-lactam (4-membered cyclic amide) rings is 1. The summed E-state index contributed by atoms with van der Waals surface area (Å²) in [7, 11) is 0. The number of hydrogen-bond acceptors (Lipinski definition) is 5. The molecule has 2 aliphatic rings. The summed E-state index contributed by atoms with van der Waals surface area (Å²) in [6.45, 7) is 1.87. The van der Waals surface area contributed by atoms with Crippen LogP contribution < -0.4 is 4.74 Å². The first-order valence-corrected chi connectivity index (χ1v) is 8.50. The summed E-state index contributed by atoms with van der Waals surface area (Å²) in [5.74, 6) is -0.713. The van der Waals surface area contributed by atoms with Gasteiger partial charge in [0.15, 0.2) is 6.04 Å². The summed E-state index contributed by atoms with van der Waals surface area (Å²) in [6, 6.07) is 8.80. The lowest BCUT2D eigenvalue weighted by Crippen LogP contribution is -2.61. The molecule has 0 aromatic heterocycles. The lowest BCUT2D eigenvalue weighted by molar-refractivity contribution is -0.147. The van der Waals surface area contributed by atoms with Crippen molar-refractivity contribution in [3.63, 3.8) is 0 Å². The van der Waals surface area contributed by atoms with Gasteiger partial charge in [-0.3, -0.25) is 14.7 Å². The standard InChI is InChI=1S/C15H13BrN2O4S/c1-8(16)12(15(20)21)18-13(19)11-14(18)23-10(17-11)7-22-9-5-3-2-4-6-9/h2-6,11,14H,7H2,1H3,(H,20,21)/b12-8-. The van der Waals surface area contributed by atoms with Crippen molar-refractivity contribution in [3.8, 4) is 5.75 Å². The predicted octanol–water partition coefficient (Wildman–Crippen LogP) is 2.46. The van der Waals surface area contributed by atoms with E-state index in [-0.39, 0.29) is 23.6 Å². The van der Waals surface area contributed by atoms with E-state index in [1.165, 1.54) is 16.7 Å². The van der Waals surface area contributed by atoms with Crippen molar-refractivity contribution in [1.82, 2.24) is 4.90 Å². The maximum absolute atomic E-state index is 12.2. The van der Waals surface area contributed by atoms with Gasteiger partial charge in [-0.05, 0) is 19.1 Å². The molecule has 1 N–H and O–H groups in total. The molecular weight excluding hydrogens is 384 g/mol. The molecule has 2 aliphatic heterocycles. The van der Waals surface area contributed by atoms with Gasteiger partial charge in [0.25, 0.3) is 5.91 Å². The van der Waals surface area contributed by atoms with Crippen molar-refractivity contribution >= 4 is 44.6 Å². The van der Waals surface area contributed by atoms with Crippen LogP contribution in [-0.2, 0) is 9.59 Å². The van der Waals surface area contributed by atoms with E-state index in [4.69, 9.17) is 4.74 Å². The maximum atomic E-state index is 12.2. The Morgan fingerprint density at radius 1 is 1.43 bits per heavy atom. The van der Waals surface area contributed by atoms with Gasteiger partial charge in [-0.15, -0.1) is 0 Å². The Hall–Kier alpha value is -1.80. The molecule has 1 amide bonds. The topological polar surface area (TPSA) is 79.2 Å². The summed E-state index contributed by atoms with van der Waals surface area (Å²) >= 11 is 4.52. The molecule has 6 nitrogen and oxygen atoms in total. The first-order valence-electron chi connectivity index (χ1n) is 6.83. The van der Waals surface area contributed by atoms with Gasteiger partial charge in [0.1, 0.15) is 28.5 Å². The fraction of sp³-hybridized carbons (Fsp3) is 0.267. The van der Waals surface area contributed by atoms with E-state index in [2.05, 4.69) is 20.9 Å². The third-order valence-corrected chi connectivity index (χ3v) is 5.01. The van der Waals surface area contributed by atoms with Crippen molar-refractivity contribution in [2.24, 2.45) is 4.99 Å². The van der Waals surface area contributed by atoms with Gasteiger partial charge in [-0.1, -0.05) is 45.9 Å². The van der Waals surface area contributed by atoms with Crippen LogP contribution in [0.4, 0.5) is 0 Å². The number of ether oxygens (including phenoxy) is 1. The number of carbonyl (C=O) groups is 2. The quantitative estimate of drug-likeness (QED) is 0.610. The Labute approximate surface area is 145 Å². The smallest absolute Gasteiger partial charge is 0.353 e. The summed E-state index contributed by atoms with van der Waals surface area (Å²) in [5.41, 5.74) is -0.0378. The first-order chi connectivity index (χ1) is 11.0. The van der Waals surface area contributed by atoms with Gasteiger partial charge in [-0.2, -0.15) is 0 Å². The third kappa shape index (κ3) is 3.00. The number of aliphatic carboxylic acids is 1. The van der Waals surface area contributed by atoms with Crippen LogP contribution in [0.15, 0.2) is 45.5 Å². The van der Waals surface area contributed by atoms with E-state index in [1.807, 2.05) is 30.3 Å². The highest BCUT2D eigenvalue weighted by molar-refractivity contribution is 9.11. The number of halogens is 1. The van der Waals surface area contributed by atoms with Gasteiger partial charge in [0, 0.05) is 4.48 Å². The fourth-order valence-electron chi connectivity index (χ4n) is 2.40. The number of fused-ring (bicyclic) bond motifs is 1. The van der Waals surface area contributed by atoms with Crippen molar-refractivity contribution in [1.29, 1.82) is 0 Å². The number of rotatable bonds is 5. The summed E-state index contributed by atoms with van der Waals surface area (Å²) in [5, 5.41) is 9.66. The number of carboxylic acids is 1. The van der Waals surface area contributed by atoms with Crippen molar-refractivity contribution in [3.05, 3.63) is 40.5 Å². The molecule has 0 radical (unpaired) electrons. The number of aliphatic imine (C=N–C) groups is 1. The Morgan fingerprint density at radius 2 is 2.13 bits per heavy atom. The number of carbonyl (C=O) groups excluding carboxylic acids is 1. The van der Waals surface area contributed by atoms with Crippen LogP contribution in [0.2, 0.25) is 0 Å². The zero-order valence-corrected chi connectivity index (χ0v) is 14.5. The molecule has 0 spiro atoms. The molecule has 2 unspecified atom stereocenters. The Balaban J connectivity index is 1.67. The highest BCUT2D eigenvalue weighted by atomic mass is 79.9. The Bertz CT molecular complexity index is 715. The normalized spacial score (nSPS) is 23.7. The molecule has 0 saturated carbocycles. The summed E-state index contributed by atoms with van der Waals surface area (Å²) in [6.07, 6.45) is 0. The zero-order chi connectivity index (χ0) is 16.6. The molecule has 8 heteroatoms. The molecule has 1 saturated heterocycles. The number of para-hydroxylation sites is 1. The van der Waals surface area contributed by atoms with Gasteiger partial charge >= 0.3 is 5.97 Å². The monoisotopic (exact) mass is 396 g/mol. The van der Waals surface area contributed by atoms with Crippen LogP contribution in [0.1, 0.15) is 6.92 Å². The lowest BCUT2D eigenvalue weighted by Gasteiger charge is -2.41. The number of carboxylic acid groups (broad SMARTS) is 1. The van der Waals surface area contributed by atoms with Gasteiger partial charge in [0.05, 0.1) is 0 Å². The van der Waals surface area contributed by atoms with Crippen molar-refractivity contribution < 1.29 is 19.4 Å². The molecule has 1 aromatic rings. The van der Waals surface area contributed by atoms with Crippen LogP contribution >= 0.6 is 27.7 Å². The number of benzene rings is 1. The van der Waals surface area contributed by atoms with E-state index in [9.17, 15) is 14.7 Å². The van der Waals surface area contributed by atoms with E-state index in [0.717, 1.165) is 5.75 Å². The second-order valence-corrected chi connectivity index (χ2v) is 7.35. The predicted molar refractivity (Wildman–Crippen MR) is 90.6 cm³/mol. The molecular formula is C15H13BrN2O4S. The number of allylic oxidation sites excluding steroid dienone is 1. The minimum absolute atomic E-state index is 0.0378. The van der Waals surface area contributed by atoms with Crippen LogP contribution in [0.25, 0.3) is 0 Å². The van der Waals surface area contributed by atoms with Crippen LogP contribution in [0, 0.1) is 0 Å². The van der Waals surface area contributed by atoms with Crippen molar-refractivity contribution in [2.45, 2.75) is 18.3 Å². The summed E-state index contributed by atoms with van der Waals surface area (Å²) < 4.78 is 6.03. The van der Waals surface area contributed by atoms with Crippen LogP contribution in [0.3, 0.4) is 0 Å². The number of likely N-dealkylation sites (tertiary alicyclic amines) is 1. The highest BCUT2D eigenvalue weighted by Crippen LogP contribution is 2.42. The molecule has 0 bridgehead atoms. The Kier molecular flexibility index (Phi) is 4.45. The number of nitrogens with zero attached hydrogens (tertiary/aromatic N) is 2. The Morgan fingerprint density at radius 3 is 2.74 bits per heavy atom. The van der Waals surface area contributed by atoms with Crippen LogP contribution in [0.5, 0.6) is 5.75 Å². The number of thioether (sulfide) groups is 1. The first kappa shape index (κ1) is 16.1. The SMILES string of the molecule is C/C(Br)=C(\C(=O)O)N1C(=O)C2N=C(COc3ccccc3)SC21. The minimum atomic E-state index is -1.14. The number of amides is 1. The van der Waals surface area contributed by atoms with E-state index >= 15 is 0 Å². The average molecular weight is 397 g/mol. The van der Waals surface area contributed by atoms with Gasteiger partial charge in [0.2, 0.25) is 0 Å². The largest absolute Gasteiger partial charge is 0.487 e. The fourth-order valence-corrected chi connectivity index (χ4v) is 3.96. The maximum Gasteiger partial charge on any atom is 0.353 e. The average Bonchev–Trinajstić information content (AvgIpc) is 2.90. The molecule has 120 valence electrons. The van der Waals surface area contributed by atoms with E-state index < -0.39 is 12.0 Å². The highest BCUT2D eigenvalue weighted by Gasteiger charge is 2.55. The molecule has 3 rings (SSSR count). The zero-order valence-electron chi connectivity index (χ0n) is 12.1. The molecule has 2 atom stereocenters. The van der Waals surface area contributed by atoms with Gasteiger partial charge < -0.3 is 9.84 Å². The second kappa shape index (κ2) is 6.37. The van der Waals surface area contributed by atoms with E-state index in [1.54, 1.807) is 6.92 Å². The molecule has 2 heterocycles.